The Labute approximate surface area is 118 Å². The summed E-state index contributed by atoms with van der Waals surface area (Å²) in [6.45, 7) is 7.58. The lowest BCUT2D eigenvalue weighted by Gasteiger charge is -2.13. The maximum atomic E-state index is 11.8. The first-order chi connectivity index (χ1) is 7.73. The summed E-state index contributed by atoms with van der Waals surface area (Å²) >= 11 is 9.46. The standard InChI is InChI=1S/C12H15BrClNOS/c1-8-9(5-6-10(13)11(8)14)7-15-17(16)12(2,3)4/h5-7H,1-4H3/t17-/m0/s1. The first kappa shape index (κ1) is 14.9. The highest BCUT2D eigenvalue weighted by Gasteiger charge is 2.18. The predicted octanol–water partition coefficient (Wildman–Crippen LogP) is 4.29. The van der Waals surface area contributed by atoms with Crippen LogP contribution in [0.5, 0.6) is 0 Å². The van der Waals surface area contributed by atoms with Crippen molar-refractivity contribution >= 4 is 44.7 Å². The lowest BCUT2D eigenvalue weighted by atomic mass is 10.1. The number of hydrogen-bond donors (Lipinski definition) is 0. The average molecular weight is 337 g/mol. The molecule has 0 aliphatic rings. The number of hydrogen-bond acceptors (Lipinski definition) is 1. The van der Waals surface area contributed by atoms with Crippen LogP contribution < -0.4 is 0 Å². The van der Waals surface area contributed by atoms with Crippen LogP contribution in [0.1, 0.15) is 31.9 Å². The van der Waals surface area contributed by atoms with Crippen molar-refractivity contribution in [3.05, 3.63) is 32.8 Å². The van der Waals surface area contributed by atoms with Gasteiger partial charge in [0.2, 0.25) is 0 Å². The Hall–Kier alpha value is -0.190. The summed E-state index contributed by atoms with van der Waals surface area (Å²) in [5, 5.41) is 0.662. The molecule has 0 spiro atoms. The van der Waals surface area contributed by atoms with Gasteiger partial charge in [0.05, 0.1) is 9.77 Å². The molecule has 1 atom stereocenters. The summed E-state index contributed by atoms with van der Waals surface area (Å²) in [5.74, 6) is 0. The van der Waals surface area contributed by atoms with Crippen LogP contribution in [0.4, 0.5) is 0 Å². The molecule has 0 amide bonds. The van der Waals surface area contributed by atoms with Gasteiger partial charge in [-0.15, -0.1) is 0 Å². The quantitative estimate of drug-likeness (QED) is 0.741. The van der Waals surface area contributed by atoms with Gasteiger partial charge in [-0.05, 0) is 60.8 Å². The topological polar surface area (TPSA) is 29.4 Å². The Morgan fingerprint density at radius 2 is 2.00 bits per heavy atom. The Bertz CT molecular complexity index is 480. The lowest BCUT2D eigenvalue weighted by Crippen LogP contribution is -2.19. The molecule has 94 valence electrons. The molecule has 0 saturated heterocycles. The average Bonchev–Trinajstić information content (AvgIpc) is 2.23. The highest BCUT2D eigenvalue weighted by Crippen LogP contribution is 2.27. The second-order valence-corrected chi connectivity index (χ2v) is 7.84. The molecule has 2 nitrogen and oxygen atoms in total. The summed E-state index contributed by atoms with van der Waals surface area (Å²) in [7, 11) is -1.24. The zero-order valence-corrected chi connectivity index (χ0v) is 13.4. The summed E-state index contributed by atoms with van der Waals surface area (Å²) in [5.41, 5.74) is 1.81. The molecule has 1 aromatic carbocycles. The summed E-state index contributed by atoms with van der Waals surface area (Å²) in [6, 6.07) is 3.76. The Morgan fingerprint density at radius 1 is 1.41 bits per heavy atom. The van der Waals surface area contributed by atoms with E-state index in [1.165, 1.54) is 0 Å². The highest BCUT2D eigenvalue weighted by atomic mass is 79.9. The predicted molar refractivity (Wildman–Crippen MR) is 79.4 cm³/mol. The second kappa shape index (κ2) is 5.63. The van der Waals surface area contributed by atoms with E-state index in [0.717, 1.165) is 15.6 Å². The van der Waals surface area contributed by atoms with Gasteiger partial charge in [0.1, 0.15) is 11.0 Å². The van der Waals surface area contributed by atoms with E-state index in [2.05, 4.69) is 20.3 Å². The zero-order valence-electron chi connectivity index (χ0n) is 10.3. The smallest absolute Gasteiger partial charge is 0.144 e. The van der Waals surface area contributed by atoms with Gasteiger partial charge in [-0.3, -0.25) is 0 Å². The fourth-order valence-corrected chi connectivity index (χ4v) is 2.20. The van der Waals surface area contributed by atoms with E-state index in [4.69, 9.17) is 11.6 Å². The maximum Gasteiger partial charge on any atom is 0.144 e. The van der Waals surface area contributed by atoms with Crippen LogP contribution in [-0.4, -0.2) is 15.2 Å². The van der Waals surface area contributed by atoms with Crippen LogP contribution in [0, 0.1) is 6.92 Å². The minimum atomic E-state index is -1.24. The first-order valence-electron chi connectivity index (χ1n) is 5.14. The minimum Gasteiger partial charge on any atom is -0.234 e. The van der Waals surface area contributed by atoms with Crippen LogP contribution in [0.2, 0.25) is 5.02 Å². The van der Waals surface area contributed by atoms with Crippen LogP contribution in [0.3, 0.4) is 0 Å². The van der Waals surface area contributed by atoms with Gasteiger partial charge >= 0.3 is 0 Å². The minimum absolute atomic E-state index is 0.344. The Balaban J connectivity index is 3.02. The monoisotopic (exact) mass is 335 g/mol. The van der Waals surface area contributed by atoms with Gasteiger partial charge in [0.15, 0.2) is 0 Å². The van der Waals surface area contributed by atoms with E-state index in [0.29, 0.717) is 5.02 Å². The SMILES string of the molecule is Cc1c(C=N[S@@](=O)C(C)(C)C)ccc(Br)c1Cl. The Morgan fingerprint density at radius 3 is 2.53 bits per heavy atom. The van der Waals surface area contributed by atoms with Gasteiger partial charge in [-0.1, -0.05) is 17.7 Å². The lowest BCUT2D eigenvalue weighted by molar-refractivity contribution is 0.651. The molecule has 0 heterocycles. The number of benzene rings is 1. The molecule has 0 aliphatic heterocycles. The van der Waals surface area contributed by atoms with Crippen molar-refractivity contribution in [1.29, 1.82) is 0 Å². The number of halogens is 2. The van der Waals surface area contributed by atoms with Crippen LogP contribution in [0.25, 0.3) is 0 Å². The molecular formula is C12H15BrClNOS. The van der Waals surface area contributed by atoms with Gasteiger partial charge in [0, 0.05) is 10.7 Å². The molecule has 1 rings (SSSR count). The third kappa shape index (κ3) is 3.90. The highest BCUT2D eigenvalue weighted by molar-refractivity contribution is 9.10. The van der Waals surface area contributed by atoms with Gasteiger partial charge in [-0.25, -0.2) is 4.21 Å². The molecule has 17 heavy (non-hydrogen) atoms. The van der Waals surface area contributed by atoms with Gasteiger partial charge < -0.3 is 0 Å². The number of rotatable bonds is 2. The molecule has 1 aromatic rings. The molecule has 0 saturated carbocycles. The van der Waals surface area contributed by atoms with E-state index in [1.54, 1.807) is 6.21 Å². The molecule has 0 N–H and O–H groups in total. The van der Waals surface area contributed by atoms with Crippen molar-refractivity contribution in [2.45, 2.75) is 32.4 Å². The molecular weight excluding hydrogens is 322 g/mol. The first-order valence-corrected chi connectivity index (χ1v) is 7.42. The van der Waals surface area contributed by atoms with Crippen molar-refractivity contribution in [3.63, 3.8) is 0 Å². The maximum absolute atomic E-state index is 11.8. The molecule has 0 bridgehead atoms. The normalized spacial score (nSPS) is 14.2. The second-order valence-electron chi connectivity index (χ2n) is 4.67. The van der Waals surface area contributed by atoms with Crippen LogP contribution >= 0.6 is 27.5 Å². The van der Waals surface area contributed by atoms with Crippen molar-refractivity contribution in [2.24, 2.45) is 4.40 Å². The molecule has 0 fully saturated rings. The van der Waals surface area contributed by atoms with Gasteiger partial charge in [-0.2, -0.15) is 4.40 Å². The molecule has 0 radical (unpaired) electrons. The Kier molecular flexibility index (Phi) is 4.93. The van der Waals surface area contributed by atoms with Crippen molar-refractivity contribution in [1.82, 2.24) is 0 Å². The summed E-state index contributed by atoms with van der Waals surface area (Å²) in [4.78, 5) is 0. The molecule has 5 heteroatoms. The molecule has 0 aromatic heterocycles. The van der Waals surface area contributed by atoms with E-state index in [-0.39, 0.29) is 4.75 Å². The largest absolute Gasteiger partial charge is 0.234 e. The van der Waals surface area contributed by atoms with Crippen LogP contribution in [-0.2, 0) is 11.0 Å². The molecule has 0 unspecified atom stereocenters. The van der Waals surface area contributed by atoms with Gasteiger partial charge in [0.25, 0.3) is 0 Å². The summed E-state index contributed by atoms with van der Waals surface area (Å²) < 4.78 is 16.4. The van der Waals surface area contributed by atoms with Crippen molar-refractivity contribution < 1.29 is 4.21 Å². The summed E-state index contributed by atoms with van der Waals surface area (Å²) in [6.07, 6.45) is 1.62. The fraction of sp³-hybridized carbons (Fsp3) is 0.417. The van der Waals surface area contributed by atoms with E-state index < -0.39 is 11.0 Å². The van der Waals surface area contributed by atoms with E-state index in [1.807, 2.05) is 39.8 Å². The van der Waals surface area contributed by atoms with Crippen molar-refractivity contribution in [3.8, 4) is 0 Å². The van der Waals surface area contributed by atoms with E-state index in [9.17, 15) is 4.21 Å². The van der Waals surface area contributed by atoms with Crippen LogP contribution in [0.15, 0.2) is 21.0 Å². The third-order valence-electron chi connectivity index (χ3n) is 2.19. The van der Waals surface area contributed by atoms with Crippen molar-refractivity contribution in [2.75, 3.05) is 0 Å². The molecule has 0 aliphatic carbocycles. The zero-order chi connectivity index (χ0) is 13.2. The third-order valence-corrected chi connectivity index (χ3v) is 4.91. The van der Waals surface area contributed by atoms with E-state index >= 15 is 0 Å². The fourth-order valence-electron chi connectivity index (χ4n) is 1.07. The number of nitrogens with zero attached hydrogens (tertiary/aromatic N) is 1.